The molecule has 1 heterocycles. The fraction of sp³-hybridized carbons (Fsp3) is 0.333. The summed E-state index contributed by atoms with van der Waals surface area (Å²) in [4.78, 5) is 17.0. The summed E-state index contributed by atoms with van der Waals surface area (Å²) < 4.78 is 10.2. The van der Waals surface area contributed by atoms with Gasteiger partial charge < -0.3 is 9.47 Å². The lowest BCUT2D eigenvalue weighted by atomic mass is 10.1. The van der Waals surface area contributed by atoms with Gasteiger partial charge in [0.1, 0.15) is 12.4 Å². The minimum absolute atomic E-state index is 0.0248. The first-order valence-electron chi connectivity index (χ1n) is 6.63. The van der Waals surface area contributed by atoms with E-state index < -0.39 is 0 Å². The summed E-state index contributed by atoms with van der Waals surface area (Å²) in [6.07, 6.45) is 0. The van der Waals surface area contributed by atoms with E-state index in [0.29, 0.717) is 11.7 Å². The minimum atomic E-state index is -0.204. The van der Waals surface area contributed by atoms with E-state index in [4.69, 9.17) is 9.47 Å². The van der Waals surface area contributed by atoms with Crippen LogP contribution in [0.4, 0.5) is 5.13 Å². The Bertz CT molecular complexity index is 608. The van der Waals surface area contributed by atoms with Crippen LogP contribution in [0.25, 0.3) is 11.3 Å². The maximum Gasteiger partial charge on any atom is 0.252 e. The summed E-state index contributed by atoms with van der Waals surface area (Å²) in [7, 11) is 1.48. The van der Waals surface area contributed by atoms with Crippen molar-refractivity contribution < 1.29 is 14.3 Å². The van der Waals surface area contributed by atoms with Crippen molar-refractivity contribution in [1.82, 2.24) is 4.98 Å². The summed E-state index contributed by atoms with van der Waals surface area (Å²) in [6.45, 7) is 4.60. The molecule has 0 saturated carbocycles. The number of carbonyl (C=O) groups is 1. The highest BCUT2D eigenvalue weighted by Crippen LogP contribution is 2.31. The van der Waals surface area contributed by atoms with Gasteiger partial charge in [-0.05, 0) is 38.1 Å². The third-order valence-corrected chi connectivity index (χ3v) is 3.64. The maximum absolute atomic E-state index is 11.5. The van der Waals surface area contributed by atoms with Crippen LogP contribution in [-0.4, -0.2) is 31.2 Å². The van der Waals surface area contributed by atoms with Crippen LogP contribution in [0.2, 0.25) is 0 Å². The summed E-state index contributed by atoms with van der Waals surface area (Å²) in [6, 6.07) is 7.77. The molecule has 0 aliphatic carbocycles. The van der Waals surface area contributed by atoms with Gasteiger partial charge in [-0.1, -0.05) is 0 Å². The van der Waals surface area contributed by atoms with Gasteiger partial charge >= 0.3 is 0 Å². The monoisotopic (exact) mass is 306 g/mol. The van der Waals surface area contributed by atoms with Crippen LogP contribution in [0.3, 0.4) is 0 Å². The Labute approximate surface area is 127 Å². The van der Waals surface area contributed by atoms with Gasteiger partial charge in [0, 0.05) is 17.6 Å². The van der Waals surface area contributed by atoms with Gasteiger partial charge in [-0.15, -0.1) is 11.3 Å². The van der Waals surface area contributed by atoms with Crippen molar-refractivity contribution in [2.75, 3.05) is 25.6 Å². The first-order valence-corrected chi connectivity index (χ1v) is 7.45. The second-order valence-electron chi connectivity index (χ2n) is 4.36. The van der Waals surface area contributed by atoms with E-state index in [9.17, 15) is 4.79 Å². The molecule has 0 saturated heterocycles. The first-order chi connectivity index (χ1) is 10.1. The van der Waals surface area contributed by atoms with Crippen LogP contribution in [0.1, 0.15) is 11.8 Å². The molecule has 6 heteroatoms. The van der Waals surface area contributed by atoms with Crippen molar-refractivity contribution in [3.8, 4) is 17.0 Å². The van der Waals surface area contributed by atoms with Crippen molar-refractivity contribution >= 4 is 22.4 Å². The number of amides is 1. The lowest BCUT2D eigenvalue weighted by molar-refractivity contribution is -0.119. The van der Waals surface area contributed by atoms with E-state index in [1.54, 1.807) is 0 Å². The molecule has 1 aromatic carbocycles. The fourth-order valence-corrected chi connectivity index (χ4v) is 2.73. The largest absolute Gasteiger partial charge is 0.494 e. The smallest absolute Gasteiger partial charge is 0.252 e. The van der Waals surface area contributed by atoms with E-state index in [1.807, 2.05) is 38.1 Å². The third-order valence-electron chi connectivity index (χ3n) is 2.76. The molecule has 1 aromatic heterocycles. The average Bonchev–Trinajstić information content (AvgIpc) is 2.81. The summed E-state index contributed by atoms with van der Waals surface area (Å²) in [5.74, 6) is 0.632. The minimum Gasteiger partial charge on any atom is -0.494 e. The first kappa shape index (κ1) is 15.5. The van der Waals surface area contributed by atoms with E-state index in [0.717, 1.165) is 21.9 Å². The van der Waals surface area contributed by atoms with Crippen LogP contribution in [-0.2, 0) is 9.53 Å². The number of anilines is 1. The van der Waals surface area contributed by atoms with Crippen LogP contribution in [0.15, 0.2) is 24.3 Å². The topological polar surface area (TPSA) is 60.5 Å². The van der Waals surface area contributed by atoms with Crippen LogP contribution in [0.5, 0.6) is 5.75 Å². The maximum atomic E-state index is 11.5. The Morgan fingerprint density at radius 3 is 2.67 bits per heavy atom. The molecule has 0 radical (unpaired) electrons. The standard InChI is InChI=1S/C15H18N2O3S/c1-4-20-12-7-5-11(6-8-12)14-10(2)21-15(17-14)16-13(18)9-19-3/h5-8H,4,9H2,1-3H3,(H,16,17,18). The Morgan fingerprint density at radius 1 is 1.33 bits per heavy atom. The van der Waals surface area contributed by atoms with Gasteiger partial charge in [0.25, 0.3) is 5.91 Å². The van der Waals surface area contributed by atoms with Crippen molar-refractivity contribution in [2.24, 2.45) is 0 Å². The van der Waals surface area contributed by atoms with Crippen molar-refractivity contribution in [1.29, 1.82) is 0 Å². The molecule has 112 valence electrons. The SMILES string of the molecule is CCOc1ccc(-c2nc(NC(=O)COC)sc2C)cc1. The molecular formula is C15H18N2O3S. The molecule has 5 nitrogen and oxygen atoms in total. The molecule has 2 aromatic rings. The number of aryl methyl sites for hydroxylation is 1. The number of nitrogens with zero attached hydrogens (tertiary/aromatic N) is 1. The number of aromatic nitrogens is 1. The number of thiazole rings is 1. The molecule has 0 fully saturated rings. The van der Waals surface area contributed by atoms with Crippen molar-refractivity contribution in [3.63, 3.8) is 0 Å². The number of hydrogen-bond acceptors (Lipinski definition) is 5. The Kier molecular flexibility index (Phi) is 5.30. The molecule has 1 N–H and O–H groups in total. The number of rotatable bonds is 6. The molecule has 0 spiro atoms. The summed E-state index contributed by atoms with van der Waals surface area (Å²) in [5, 5.41) is 3.31. The van der Waals surface area contributed by atoms with Gasteiger partial charge in [0.15, 0.2) is 5.13 Å². The molecule has 21 heavy (non-hydrogen) atoms. The van der Waals surface area contributed by atoms with Gasteiger partial charge in [0.2, 0.25) is 0 Å². The lowest BCUT2D eigenvalue weighted by Gasteiger charge is -2.04. The number of ether oxygens (including phenoxy) is 2. The van der Waals surface area contributed by atoms with E-state index in [2.05, 4.69) is 10.3 Å². The van der Waals surface area contributed by atoms with E-state index >= 15 is 0 Å². The number of hydrogen-bond donors (Lipinski definition) is 1. The van der Waals surface area contributed by atoms with E-state index in [1.165, 1.54) is 18.4 Å². The Hall–Kier alpha value is -1.92. The normalized spacial score (nSPS) is 10.4. The highest BCUT2D eigenvalue weighted by Gasteiger charge is 2.12. The second kappa shape index (κ2) is 7.19. The highest BCUT2D eigenvalue weighted by molar-refractivity contribution is 7.16. The number of benzene rings is 1. The molecular weight excluding hydrogens is 288 g/mol. The predicted molar refractivity (Wildman–Crippen MR) is 84.0 cm³/mol. The molecule has 0 atom stereocenters. The van der Waals surface area contributed by atoms with Gasteiger partial charge in [-0.3, -0.25) is 10.1 Å². The second-order valence-corrected chi connectivity index (χ2v) is 5.57. The molecule has 0 aliphatic heterocycles. The third kappa shape index (κ3) is 4.03. The van der Waals surface area contributed by atoms with Gasteiger partial charge in [0.05, 0.1) is 12.3 Å². The molecule has 2 rings (SSSR count). The number of carbonyl (C=O) groups excluding carboxylic acids is 1. The zero-order valence-corrected chi connectivity index (χ0v) is 13.1. The Balaban J connectivity index is 2.16. The predicted octanol–water partition coefficient (Wildman–Crippen LogP) is 3.10. The van der Waals surface area contributed by atoms with E-state index in [-0.39, 0.29) is 12.5 Å². The van der Waals surface area contributed by atoms with Crippen LogP contribution in [0, 0.1) is 6.92 Å². The van der Waals surface area contributed by atoms with Gasteiger partial charge in [-0.25, -0.2) is 4.98 Å². The fourth-order valence-electron chi connectivity index (χ4n) is 1.88. The lowest BCUT2D eigenvalue weighted by Crippen LogP contribution is -2.16. The molecule has 0 bridgehead atoms. The average molecular weight is 306 g/mol. The van der Waals surface area contributed by atoms with Crippen LogP contribution >= 0.6 is 11.3 Å². The van der Waals surface area contributed by atoms with Gasteiger partial charge in [-0.2, -0.15) is 0 Å². The zero-order valence-electron chi connectivity index (χ0n) is 12.3. The summed E-state index contributed by atoms with van der Waals surface area (Å²) in [5.41, 5.74) is 1.87. The number of nitrogens with one attached hydrogen (secondary N) is 1. The van der Waals surface area contributed by atoms with Crippen molar-refractivity contribution in [2.45, 2.75) is 13.8 Å². The van der Waals surface area contributed by atoms with Crippen LogP contribution < -0.4 is 10.1 Å². The number of methoxy groups -OCH3 is 1. The van der Waals surface area contributed by atoms with Crippen molar-refractivity contribution in [3.05, 3.63) is 29.1 Å². The summed E-state index contributed by atoms with van der Waals surface area (Å²) >= 11 is 1.45. The zero-order chi connectivity index (χ0) is 15.2. The molecule has 0 unspecified atom stereocenters. The molecule has 0 aliphatic rings. The molecule has 1 amide bonds. The highest BCUT2D eigenvalue weighted by atomic mass is 32.1. The Morgan fingerprint density at radius 2 is 2.05 bits per heavy atom. The quantitative estimate of drug-likeness (QED) is 0.891.